The highest BCUT2D eigenvalue weighted by atomic mass is 16.2. The molecule has 1 aromatic rings. The van der Waals surface area contributed by atoms with Gasteiger partial charge in [0.1, 0.15) is 6.61 Å². The Balaban J connectivity index is 1.69. The SMILES string of the molecule is O=C(NC(C1CC1)C1CC1)c1cccc(C#CCO)c1. The van der Waals surface area contributed by atoms with Gasteiger partial charge in [-0.25, -0.2) is 0 Å². The van der Waals surface area contributed by atoms with Gasteiger partial charge in [-0.3, -0.25) is 4.79 Å². The van der Waals surface area contributed by atoms with Gasteiger partial charge in [0.15, 0.2) is 0 Å². The third kappa shape index (κ3) is 3.20. The molecule has 0 aromatic heterocycles. The lowest BCUT2D eigenvalue weighted by molar-refractivity contribution is 0.0926. The minimum atomic E-state index is -0.165. The molecule has 1 aromatic carbocycles. The van der Waals surface area contributed by atoms with Gasteiger partial charge in [-0.2, -0.15) is 0 Å². The number of benzene rings is 1. The summed E-state index contributed by atoms with van der Waals surface area (Å²) in [6, 6.07) is 7.65. The molecule has 2 aliphatic rings. The highest BCUT2D eigenvalue weighted by Crippen LogP contribution is 2.44. The zero-order valence-corrected chi connectivity index (χ0v) is 11.4. The molecule has 104 valence electrons. The number of carbonyl (C=O) groups excluding carboxylic acids is 1. The summed E-state index contributed by atoms with van der Waals surface area (Å²) in [4.78, 5) is 12.3. The fourth-order valence-electron chi connectivity index (χ4n) is 2.65. The second kappa shape index (κ2) is 5.68. The van der Waals surface area contributed by atoms with E-state index in [2.05, 4.69) is 17.2 Å². The summed E-state index contributed by atoms with van der Waals surface area (Å²) in [7, 11) is 0. The smallest absolute Gasteiger partial charge is 0.251 e. The maximum atomic E-state index is 12.3. The van der Waals surface area contributed by atoms with E-state index < -0.39 is 0 Å². The third-order valence-electron chi connectivity index (χ3n) is 3.99. The quantitative estimate of drug-likeness (QED) is 0.821. The first-order valence-corrected chi connectivity index (χ1v) is 7.28. The van der Waals surface area contributed by atoms with E-state index in [9.17, 15) is 4.79 Å². The molecule has 0 saturated heterocycles. The fraction of sp³-hybridized carbons (Fsp3) is 0.471. The van der Waals surface area contributed by atoms with Crippen molar-refractivity contribution in [2.45, 2.75) is 31.7 Å². The van der Waals surface area contributed by atoms with Crippen molar-refractivity contribution < 1.29 is 9.90 Å². The number of hydrogen-bond donors (Lipinski definition) is 2. The lowest BCUT2D eigenvalue weighted by Crippen LogP contribution is -2.38. The molecule has 2 aliphatic carbocycles. The van der Waals surface area contributed by atoms with E-state index in [0.717, 1.165) is 5.56 Å². The van der Waals surface area contributed by atoms with E-state index >= 15 is 0 Å². The van der Waals surface area contributed by atoms with Gasteiger partial charge in [-0.1, -0.05) is 17.9 Å². The minimum absolute atomic E-state index is 0.00134. The van der Waals surface area contributed by atoms with Gasteiger partial charge in [-0.15, -0.1) is 0 Å². The van der Waals surface area contributed by atoms with Crippen molar-refractivity contribution in [3.63, 3.8) is 0 Å². The zero-order chi connectivity index (χ0) is 13.9. The van der Waals surface area contributed by atoms with Crippen LogP contribution >= 0.6 is 0 Å². The van der Waals surface area contributed by atoms with E-state index in [0.29, 0.717) is 23.4 Å². The first kappa shape index (κ1) is 13.2. The summed E-state index contributed by atoms with van der Waals surface area (Å²) in [5.41, 5.74) is 1.42. The lowest BCUT2D eigenvalue weighted by Gasteiger charge is -2.17. The van der Waals surface area contributed by atoms with E-state index in [1.54, 1.807) is 6.07 Å². The average Bonchev–Trinajstić information content (AvgIpc) is 3.35. The molecule has 3 heteroatoms. The van der Waals surface area contributed by atoms with Crippen molar-refractivity contribution in [1.29, 1.82) is 0 Å². The third-order valence-corrected chi connectivity index (χ3v) is 3.99. The van der Waals surface area contributed by atoms with Crippen LogP contribution in [0.1, 0.15) is 41.6 Å². The Bertz CT molecular complexity index is 550. The van der Waals surface area contributed by atoms with Crippen LogP contribution in [0.15, 0.2) is 24.3 Å². The molecule has 1 amide bonds. The van der Waals surface area contributed by atoms with Gasteiger partial charge in [0.25, 0.3) is 5.91 Å². The van der Waals surface area contributed by atoms with Gasteiger partial charge < -0.3 is 10.4 Å². The summed E-state index contributed by atoms with van der Waals surface area (Å²) in [6.45, 7) is -0.165. The molecule has 0 unspecified atom stereocenters. The van der Waals surface area contributed by atoms with E-state index in [1.165, 1.54) is 25.7 Å². The molecule has 0 radical (unpaired) electrons. The van der Waals surface area contributed by atoms with Gasteiger partial charge >= 0.3 is 0 Å². The van der Waals surface area contributed by atoms with E-state index in [4.69, 9.17) is 5.11 Å². The molecule has 0 aliphatic heterocycles. The molecule has 0 atom stereocenters. The maximum Gasteiger partial charge on any atom is 0.251 e. The lowest BCUT2D eigenvalue weighted by atomic mass is 10.1. The zero-order valence-electron chi connectivity index (χ0n) is 11.4. The molecular formula is C17H19NO2. The fourth-order valence-corrected chi connectivity index (χ4v) is 2.65. The number of nitrogens with one attached hydrogen (secondary N) is 1. The van der Waals surface area contributed by atoms with Crippen LogP contribution in [-0.2, 0) is 0 Å². The predicted octanol–water partition coefficient (Wildman–Crippen LogP) is 1.95. The van der Waals surface area contributed by atoms with E-state index in [-0.39, 0.29) is 12.5 Å². The van der Waals surface area contributed by atoms with Crippen LogP contribution in [0.5, 0.6) is 0 Å². The van der Waals surface area contributed by atoms with Crippen LogP contribution in [0.4, 0.5) is 0 Å². The van der Waals surface area contributed by atoms with Crippen LogP contribution in [-0.4, -0.2) is 23.7 Å². The van der Waals surface area contributed by atoms with Crippen molar-refractivity contribution in [3.05, 3.63) is 35.4 Å². The Morgan fingerprint density at radius 2 is 2.00 bits per heavy atom. The van der Waals surface area contributed by atoms with Crippen LogP contribution in [0.2, 0.25) is 0 Å². The number of hydrogen-bond acceptors (Lipinski definition) is 2. The van der Waals surface area contributed by atoms with E-state index in [1.807, 2.05) is 18.2 Å². The van der Waals surface area contributed by atoms with Crippen molar-refractivity contribution in [3.8, 4) is 11.8 Å². The first-order valence-electron chi connectivity index (χ1n) is 7.28. The Hall–Kier alpha value is -1.79. The molecular weight excluding hydrogens is 250 g/mol. The Kier molecular flexibility index (Phi) is 3.75. The number of aliphatic hydroxyl groups is 1. The van der Waals surface area contributed by atoms with Crippen LogP contribution < -0.4 is 5.32 Å². The molecule has 0 spiro atoms. The molecule has 2 saturated carbocycles. The number of aliphatic hydroxyl groups excluding tert-OH is 1. The number of amides is 1. The monoisotopic (exact) mass is 269 g/mol. The Morgan fingerprint density at radius 1 is 1.30 bits per heavy atom. The van der Waals surface area contributed by atoms with Crippen molar-refractivity contribution in [2.75, 3.05) is 6.61 Å². The molecule has 2 fully saturated rings. The van der Waals surface area contributed by atoms with Gasteiger partial charge in [0.05, 0.1) is 0 Å². The van der Waals surface area contributed by atoms with Crippen molar-refractivity contribution in [2.24, 2.45) is 11.8 Å². The summed E-state index contributed by atoms with van der Waals surface area (Å²) in [6.07, 6.45) is 5.01. The summed E-state index contributed by atoms with van der Waals surface area (Å²) in [5, 5.41) is 11.9. The van der Waals surface area contributed by atoms with Crippen molar-refractivity contribution in [1.82, 2.24) is 5.32 Å². The second-order valence-corrected chi connectivity index (χ2v) is 5.71. The molecule has 0 heterocycles. The molecule has 20 heavy (non-hydrogen) atoms. The van der Waals surface area contributed by atoms with Crippen LogP contribution in [0, 0.1) is 23.7 Å². The summed E-state index contributed by atoms with van der Waals surface area (Å²) >= 11 is 0. The number of rotatable bonds is 4. The highest BCUT2D eigenvalue weighted by molar-refractivity contribution is 5.94. The largest absolute Gasteiger partial charge is 0.384 e. The Morgan fingerprint density at radius 3 is 2.60 bits per heavy atom. The second-order valence-electron chi connectivity index (χ2n) is 5.71. The molecule has 0 bridgehead atoms. The minimum Gasteiger partial charge on any atom is -0.384 e. The normalized spacial score (nSPS) is 17.5. The summed E-state index contributed by atoms with van der Waals surface area (Å²) in [5.74, 6) is 6.83. The maximum absolute atomic E-state index is 12.3. The van der Waals surface area contributed by atoms with Gasteiger partial charge in [0.2, 0.25) is 0 Å². The summed E-state index contributed by atoms with van der Waals surface area (Å²) < 4.78 is 0. The molecule has 3 rings (SSSR count). The van der Waals surface area contributed by atoms with Gasteiger partial charge in [-0.05, 0) is 55.7 Å². The Labute approximate surface area is 119 Å². The molecule has 3 nitrogen and oxygen atoms in total. The first-order chi connectivity index (χ1) is 9.78. The topological polar surface area (TPSA) is 49.3 Å². The van der Waals surface area contributed by atoms with Crippen molar-refractivity contribution >= 4 is 5.91 Å². The average molecular weight is 269 g/mol. The molecule has 2 N–H and O–H groups in total. The highest BCUT2D eigenvalue weighted by Gasteiger charge is 2.42. The number of carbonyl (C=O) groups is 1. The standard InChI is InChI=1S/C17H19NO2/c19-10-2-4-12-3-1-5-15(11-12)17(20)18-16(13-6-7-13)14-8-9-14/h1,3,5,11,13-14,16,19H,6-10H2,(H,18,20). The van der Waals surface area contributed by atoms with Crippen LogP contribution in [0.25, 0.3) is 0 Å². The predicted molar refractivity (Wildman–Crippen MR) is 77.1 cm³/mol. The van der Waals surface area contributed by atoms with Gasteiger partial charge in [0, 0.05) is 17.2 Å². The van der Waals surface area contributed by atoms with Crippen LogP contribution in [0.3, 0.4) is 0 Å².